The van der Waals surface area contributed by atoms with Crippen LogP contribution in [0.4, 0.5) is 0 Å². The highest BCUT2D eigenvalue weighted by molar-refractivity contribution is 5.77. The maximum Gasteiger partial charge on any atom is 0.246 e. The number of carbonyl (C=O) groups excluding carboxylic acids is 1. The van der Waals surface area contributed by atoms with Gasteiger partial charge < -0.3 is 14.6 Å². The van der Waals surface area contributed by atoms with Crippen LogP contribution in [0.15, 0.2) is 12.4 Å². The highest BCUT2D eigenvalue weighted by Crippen LogP contribution is 2.46. The highest BCUT2D eigenvalue weighted by Gasteiger charge is 2.43. The molecule has 0 bridgehead atoms. The third-order valence-electron chi connectivity index (χ3n) is 3.68. The number of amides is 1. The molecule has 0 unspecified atom stereocenters. The standard InChI is InChI=1S/C14H23N3O2/c1-3-12-15-7-8-17(12)11-14(5-6-14)10-16-13(18)9-19-4-2/h7-8H,3-6,9-11H2,1-2H3,(H,16,18). The van der Waals surface area contributed by atoms with Crippen molar-refractivity contribution < 1.29 is 9.53 Å². The van der Waals surface area contributed by atoms with Crippen LogP contribution in [0.5, 0.6) is 0 Å². The molecule has 0 radical (unpaired) electrons. The van der Waals surface area contributed by atoms with Crippen molar-refractivity contribution in [1.82, 2.24) is 14.9 Å². The number of ether oxygens (including phenoxy) is 1. The SMILES string of the molecule is CCOCC(=O)NCC1(Cn2ccnc2CC)CC1. The van der Waals surface area contributed by atoms with E-state index in [-0.39, 0.29) is 17.9 Å². The Morgan fingerprint density at radius 3 is 2.95 bits per heavy atom. The molecule has 106 valence electrons. The Kier molecular flexibility index (Phi) is 4.58. The normalized spacial score (nSPS) is 16.3. The van der Waals surface area contributed by atoms with Gasteiger partial charge in [0, 0.05) is 43.9 Å². The van der Waals surface area contributed by atoms with E-state index in [4.69, 9.17) is 4.74 Å². The Bertz CT molecular complexity index is 424. The van der Waals surface area contributed by atoms with Gasteiger partial charge in [-0.2, -0.15) is 0 Å². The van der Waals surface area contributed by atoms with E-state index in [9.17, 15) is 4.79 Å². The molecule has 5 heteroatoms. The van der Waals surface area contributed by atoms with Crippen molar-refractivity contribution in [2.75, 3.05) is 19.8 Å². The number of hydrogen-bond donors (Lipinski definition) is 1. The molecule has 0 saturated heterocycles. The molecule has 1 aliphatic rings. The van der Waals surface area contributed by atoms with Gasteiger partial charge in [0.05, 0.1) is 0 Å². The Balaban J connectivity index is 1.81. The van der Waals surface area contributed by atoms with E-state index in [0.717, 1.165) is 25.3 Å². The second-order valence-electron chi connectivity index (χ2n) is 5.24. The first-order chi connectivity index (χ1) is 9.19. The first kappa shape index (κ1) is 14.1. The predicted octanol–water partition coefficient (Wildman–Crippen LogP) is 1.38. The first-order valence-electron chi connectivity index (χ1n) is 7.03. The van der Waals surface area contributed by atoms with E-state index in [1.807, 2.05) is 19.3 Å². The lowest BCUT2D eigenvalue weighted by atomic mass is 10.1. The fourth-order valence-corrected chi connectivity index (χ4v) is 2.26. The van der Waals surface area contributed by atoms with Gasteiger partial charge in [-0.15, -0.1) is 0 Å². The summed E-state index contributed by atoms with van der Waals surface area (Å²) in [5.41, 5.74) is 0.229. The summed E-state index contributed by atoms with van der Waals surface area (Å²) in [5, 5.41) is 2.97. The lowest BCUT2D eigenvalue weighted by Gasteiger charge is -2.18. The van der Waals surface area contributed by atoms with Crippen molar-refractivity contribution >= 4 is 5.91 Å². The molecule has 0 aliphatic heterocycles. The molecule has 0 aromatic carbocycles. The highest BCUT2D eigenvalue weighted by atomic mass is 16.5. The van der Waals surface area contributed by atoms with E-state index in [0.29, 0.717) is 6.61 Å². The summed E-state index contributed by atoms with van der Waals surface area (Å²) in [6.45, 7) is 6.43. The van der Waals surface area contributed by atoms with Crippen molar-refractivity contribution in [2.45, 2.75) is 39.7 Å². The summed E-state index contributed by atoms with van der Waals surface area (Å²) >= 11 is 0. The number of hydrogen-bond acceptors (Lipinski definition) is 3. The van der Waals surface area contributed by atoms with Crippen LogP contribution >= 0.6 is 0 Å². The molecule has 1 heterocycles. The van der Waals surface area contributed by atoms with Crippen LogP contribution in [-0.2, 0) is 22.5 Å². The zero-order valence-electron chi connectivity index (χ0n) is 11.8. The second kappa shape index (κ2) is 6.19. The molecule has 0 atom stereocenters. The quantitative estimate of drug-likeness (QED) is 0.772. The van der Waals surface area contributed by atoms with Crippen LogP contribution in [0.1, 0.15) is 32.5 Å². The lowest BCUT2D eigenvalue weighted by molar-refractivity contribution is -0.125. The largest absolute Gasteiger partial charge is 0.372 e. The van der Waals surface area contributed by atoms with Crippen molar-refractivity contribution in [3.05, 3.63) is 18.2 Å². The summed E-state index contributed by atoms with van der Waals surface area (Å²) in [6, 6.07) is 0. The number of aromatic nitrogens is 2. The van der Waals surface area contributed by atoms with Gasteiger partial charge in [-0.25, -0.2) is 4.98 Å². The minimum atomic E-state index is -0.0190. The van der Waals surface area contributed by atoms with E-state index in [1.54, 1.807) is 0 Å². The summed E-state index contributed by atoms with van der Waals surface area (Å²) in [6.07, 6.45) is 7.16. The molecule has 1 saturated carbocycles. The van der Waals surface area contributed by atoms with E-state index in [1.165, 1.54) is 12.8 Å². The van der Waals surface area contributed by atoms with Crippen LogP contribution in [0.3, 0.4) is 0 Å². The molecule has 5 nitrogen and oxygen atoms in total. The smallest absolute Gasteiger partial charge is 0.246 e. The zero-order valence-corrected chi connectivity index (χ0v) is 11.8. The number of nitrogens with one attached hydrogen (secondary N) is 1. The number of imidazole rings is 1. The number of carbonyl (C=O) groups is 1. The third kappa shape index (κ3) is 3.80. The Labute approximate surface area is 114 Å². The van der Waals surface area contributed by atoms with Crippen molar-refractivity contribution in [3.63, 3.8) is 0 Å². The molecular formula is C14H23N3O2. The van der Waals surface area contributed by atoms with Gasteiger partial charge in [0.1, 0.15) is 12.4 Å². The average Bonchev–Trinajstić information content (AvgIpc) is 3.03. The number of rotatable bonds is 8. The van der Waals surface area contributed by atoms with Crippen LogP contribution in [0.2, 0.25) is 0 Å². The Morgan fingerprint density at radius 1 is 1.53 bits per heavy atom. The van der Waals surface area contributed by atoms with Crippen LogP contribution in [-0.4, -0.2) is 35.2 Å². The topological polar surface area (TPSA) is 56.1 Å². The monoisotopic (exact) mass is 265 g/mol. The molecule has 2 rings (SSSR count). The summed E-state index contributed by atoms with van der Waals surface area (Å²) in [7, 11) is 0. The minimum Gasteiger partial charge on any atom is -0.372 e. The van der Waals surface area contributed by atoms with Crippen LogP contribution in [0.25, 0.3) is 0 Å². The molecule has 19 heavy (non-hydrogen) atoms. The fourth-order valence-electron chi connectivity index (χ4n) is 2.26. The van der Waals surface area contributed by atoms with E-state index in [2.05, 4.69) is 21.8 Å². The molecule has 1 N–H and O–H groups in total. The van der Waals surface area contributed by atoms with Gasteiger partial charge >= 0.3 is 0 Å². The van der Waals surface area contributed by atoms with Crippen LogP contribution in [0, 0.1) is 5.41 Å². The molecule has 1 aliphatic carbocycles. The zero-order chi connectivity index (χ0) is 13.7. The van der Waals surface area contributed by atoms with Gasteiger partial charge in [0.25, 0.3) is 0 Å². The maximum absolute atomic E-state index is 11.5. The molecule has 1 aromatic heterocycles. The van der Waals surface area contributed by atoms with Crippen molar-refractivity contribution in [3.8, 4) is 0 Å². The van der Waals surface area contributed by atoms with Gasteiger partial charge in [-0.3, -0.25) is 4.79 Å². The van der Waals surface area contributed by atoms with Gasteiger partial charge in [0.2, 0.25) is 5.91 Å². The molecule has 1 amide bonds. The van der Waals surface area contributed by atoms with Gasteiger partial charge in [-0.05, 0) is 19.8 Å². The third-order valence-corrected chi connectivity index (χ3v) is 3.68. The molecule has 1 aromatic rings. The lowest BCUT2D eigenvalue weighted by Crippen LogP contribution is -2.34. The van der Waals surface area contributed by atoms with Crippen molar-refractivity contribution in [1.29, 1.82) is 0 Å². The molecule has 0 spiro atoms. The number of nitrogens with zero attached hydrogens (tertiary/aromatic N) is 2. The van der Waals surface area contributed by atoms with E-state index >= 15 is 0 Å². The summed E-state index contributed by atoms with van der Waals surface area (Å²) in [4.78, 5) is 15.9. The number of aryl methyl sites for hydroxylation is 1. The minimum absolute atomic E-state index is 0.0190. The Morgan fingerprint density at radius 2 is 2.32 bits per heavy atom. The van der Waals surface area contributed by atoms with Gasteiger partial charge in [0.15, 0.2) is 0 Å². The van der Waals surface area contributed by atoms with Gasteiger partial charge in [-0.1, -0.05) is 6.92 Å². The van der Waals surface area contributed by atoms with Crippen molar-refractivity contribution in [2.24, 2.45) is 5.41 Å². The van der Waals surface area contributed by atoms with E-state index < -0.39 is 0 Å². The Hall–Kier alpha value is -1.36. The predicted molar refractivity (Wildman–Crippen MR) is 72.8 cm³/mol. The summed E-state index contributed by atoms with van der Waals surface area (Å²) in [5.74, 6) is 1.10. The maximum atomic E-state index is 11.5. The molecular weight excluding hydrogens is 242 g/mol. The van der Waals surface area contributed by atoms with Crippen LogP contribution < -0.4 is 5.32 Å². The fraction of sp³-hybridized carbons (Fsp3) is 0.714. The molecule has 1 fully saturated rings. The summed E-state index contributed by atoms with van der Waals surface area (Å²) < 4.78 is 7.31. The first-order valence-corrected chi connectivity index (χ1v) is 7.03. The second-order valence-corrected chi connectivity index (χ2v) is 5.24. The average molecular weight is 265 g/mol.